The van der Waals surface area contributed by atoms with Gasteiger partial charge < -0.3 is 10.1 Å². The van der Waals surface area contributed by atoms with Gasteiger partial charge in [0.05, 0.1) is 12.5 Å². The number of anilines is 1. The van der Waals surface area contributed by atoms with Gasteiger partial charge in [-0.15, -0.1) is 0 Å². The molecule has 1 aliphatic rings. The largest absolute Gasteiger partial charge is 0.378 e. The zero-order valence-corrected chi connectivity index (χ0v) is 9.67. The van der Waals surface area contributed by atoms with Crippen LogP contribution in [0, 0.1) is 0 Å². The molecule has 0 saturated carbocycles. The summed E-state index contributed by atoms with van der Waals surface area (Å²) in [6, 6.07) is 7.13. The molecule has 0 aliphatic carbocycles. The lowest BCUT2D eigenvalue weighted by atomic mass is 10.2. The average Bonchev–Trinajstić information content (AvgIpc) is 2.70. The summed E-state index contributed by atoms with van der Waals surface area (Å²) in [6.45, 7) is 0.773. The van der Waals surface area contributed by atoms with Gasteiger partial charge in [-0.05, 0) is 31.0 Å². The normalized spacial score (nSPS) is 19.7. The van der Waals surface area contributed by atoms with Gasteiger partial charge in [0.15, 0.2) is 0 Å². The summed E-state index contributed by atoms with van der Waals surface area (Å²) in [5.41, 5.74) is 0.732. The van der Waals surface area contributed by atoms with E-state index in [0.29, 0.717) is 11.4 Å². The summed E-state index contributed by atoms with van der Waals surface area (Å²) in [6.07, 6.45) is 2.53. The van der Waals surface area contributed by atoms with Gasteiger partial charge in [-0.3, -0.25) is 4.79 Å². The van der Waals surface area contributed by atoms with Crippen LogP contribution in [0.5, 0.6) is 0 Å². The number of halogens is 1. The van der Waals surface area contributed by atoms with Gasteiger partial charge in [-0.1, -0.05) is 17.7 Å². The van der Waals surface area contributed by atoms with E-state index in [0.717, 1.165) is 25.1 Å². The van der Waals surface area contributed by atoms with Crippen molar-refractivity contribution in [2.45, 2.75) is 25.4 Å². The number of benzene rings is 1. The maximum Gasteiger partial charge on any atom is 0.226 e. The third-order valence-electron chi connectivity index (χ3n) is 2.55. The van der Waals surface area contributed by atoms with Crippen molar-refractivity contribution in [2.75, 3.05) is 11.9 Å². The number of carbonyl (C=O) groups is 1. The Bertz CT molecular complexity index is 375. The zero-order valence-electron chi connectivity index (χ0n) is 8.91. The Morgan fingerprint density at radius 2 is 2.44 bits per heavy atom. The van der Waals surface area contributed by atoms with Crippen LogP contribution in [-0.4, -0.2) is 18.6 Å². The molecule has 0 aromatic heterocycles. The van der Waals surface area contributed by atoms with E-state index in [-0.39, 0.29) is 12.0 Å². The first kappa shape index (κ1) is 11.4. The summed E-state index contributed by atoms with van der Waals surface area (Å²) in [7, 11) is 0. The van der Waals surface area contributed by atoms with Crippen LogP contribution >= 0.6 is 11.6 Å². The Labute approximate surface area is 99.7 Å². The van der Waals surface area contributed by atoms with Gasteiger partial charge in [0.25, 0.3) is 0 Å². The van der Waals surface area contributed by atoms with Gasteiger partial charge >= 0.3 is 0 Å². The van der Waals surface area contributed by atoms with Gasteiger partial charge in [-0.2, -0.15) is 0 Å². The van der Waals surface area contributed by atoms with Crippen LogP contribution in [0.15, 0.2) is 24.3 Å². The number of nitrogens with one attached hydrogen (secondary N) is 1. The average molecular weight is 240 g/mol. The van der Waals surface area contributed by atoms with Crippen LogP contribution in [0.4, 0.5) is 5.69 Å². The van der Waals surface area contributed by atoms with Gasteiger partial charge in [0, 0.05) is 17.3 Å². The molecule has 0 bridgehead atoms. The lowest BCUT2D eigenvalue weighted by molar-refractivity contribution is -0.118. The molecule has 2 rings (SSSR count). The maximum absolute atomic E-state index is 11.6. The molecule has 3 nitrogen and oxygen atoms in total. The Balaban J connectivity index is 1.86. The fourth-order valence-electron chi connectivity index (χ4n) is 1.79. The van der Waals surface area contributed by atoms with Gasteiger partial charge in [0.2, 0.25) is 5.91 Å². The summed E-state index contributed by atoms with van der Waals surface area (Å²) in [4.78, 5) is 11.6. The fraction of sp³-hybridized carbons (Fsp3) is 0.417. The van der Waals surface area contributed by atoms with Crippen molar-refractivity contribution in [1.82, 2.24) is 0 Å². The molecule has 0 spiro atoms. The van der Waals surface area contributed by atoms with Crippen LogP contribution in [0.3, 0.4) is 0 Å². The molecular weight excluding hydrogens is 226 g/mol. The van der Waals surface area contributed by atoms with Crippen LogP contribution < -0.4 is 5.32 Å². The number of hydrogen-bond acceptors (Lipinski definition) is 2. The molecule has 1 atom stereocenters. The summed E-state index contributed by atoms with van der Waals surface area (Å²) in [5, 5.41) is 3.43. The summed E-state index contributed by atoms with van der Waals surface area (Å²) in [5.74, 6) is -0.0193. The number of ether oxygens (including phenoxy) is 1. The van der Waals surface area contributed by atoms with Crippen LogP contribution in [-0.2, 0) is 9.53 Å². The highest BCUT2D eigenvalue weighted by Crippen LogP contribution is 2.18. The maximum atomic E-state index is 11.6. The first-order valence-corrected chi connectivity index (χ1v) is 5.79. The molecule has 86 valence electrons. The predicted octanol–water partition coefficient (Wildman–Crippen LogP) is 2.85. The molecule has 0 radical (unpaired) electrons. The lowest BCUT2D eigenvalue weighted by Crippen LogP contribution is -2.19. The summed E-state index contributed by atoms with van der Waals surface area (Å²) >= 11 is 5.82. The molecule has 1 aromatic carbocycles. The standard InChI is InChI=1S/C12H14ClNO2/c13-9-3-1-4-10(7-9)14-12(15)8-11-5-2-6-16-11/h1,3-4,7,11H,2,5-6,8H2,(H,14,15). The second-order valence-electron chi connectivity index (χ2n) is 3.90. The minimum Gasteiger partial charge on any atom is -0.378 e. The molecule has 4 heteroatoms. The molecule has 1 fully saturated rings. The zero-order chi connectivity index (χ0) is 11.4. The number of hydrogen-bond donors (Lipinski definition) is 1. The van der Waals surface area contributed by atoms with Gasteiger partial charge in [-0.25, -0.2) is 0 Å². The van der Waals surface area contributed by atoms with E-state index >= 15 is 0 Å². The second-order valence-corrected chi connectivity index (χ2v) is 4.33. The fourth-order valence-corrected chi connectivity index (χ4v) is 1.98. The van der Waals surface area contributed by atoms with E-state index < -0.39 is 0 Å². The first-order valence-electron chi connectivity index (χ1n) is 5.41. The van der Waals surface area contributed by atoms with E-state index in [1.54, 1.807) is 12.1 Å². The topological polar surface area (TPSA) is 38.3 Å². The lowest BCUT2D eigenvalue weighted by Gasteiger charge is -2.09. The van der Waals surface area contributed by atoms with E-state index in [9.17, 15) is 4.79 Å². The van der Waals surface area contributed by atoms with E-state index in [4.69, 9.17) is 16.3 Å². The Kier molecular flexibility index (Phi) is 3.80. The van der Waals surface area contributed by atoms with E-state index in [1.807, 2.05) is 12.1 Å². The molecule has 1 aromatic rings. The monoisotopic (exact) mass is 239 g/mol. The van der Waals surface area contributed by atoms with Crippen molar-refractivity contribution in [3.63, 3.8) is 0 Å². The second kappa shape index (κ2) is 5.32. The highest BCUT2D eigenvalue weighted by molar-refractivity contribution is 6.30. The molecule has 1 amide bonds. The SMILES string of the molecule is O=C(CC1CCCO1)Nc1cccc(Cl)c1. The van der Waals surface area contributed by atoms with Crippen molar-refractivity contribution >= 4 is 23.2 Å². The molecule has 16 heavy (non-hydrogen) atoms. The quantitative estimate of drug-likeness (QED) is 0.881. The number of amides is 1. The van der Waals surface area contributed by atoms with E-state index in [1.165, 1.54) is 0 Å². The molecular formula is C12H14ClNO2. The molecule has 1 heterocycles. The highest BCUT2D eigenvalue weighted by Gasteiger charge is 2.18. The Hall–Kier alpha value is -1.06. The van der Waals surface area contributed by atoms with Crippen molar-refractivity contribution in [3.8, 4) is 0 Å². The predicted molar refractivity (Wildman–Crippen MR) is 63.7 cm³/mol. The van der Waals surface area contributed by atoms with Gasteiger partial charge in [0.1, 0.15) is 0 Å². The third-order valence-corrected chi connectivity index (χ3v) is 2.78. The third kappa shape index (κ3) is 3.22. The molecule has 1 N–H and O–H groups in total. The van der Waals surface area contributed by atoms with Crippen LogP contribution in [0.1, 0.15) is 19.3 Å². The van der Waals surface area contributed by atoms with Crippen molar-refractivity contribution in [2.24, 2.45) is 0 Å². The van der Waals surface area contributed by atoms with Crippen molar-refractivity contribution in [3.05, 3.63) is 29.3 Å². The molecule has 1 aliphatic heterocycles. The minimum atomic E-state index is -0.0193. The van der Waals surface area contributed by atoms with Crippen LogP contribution in [0.25, 0.3) is 0 Å². The Morgan fingerprint density at radius 3 is 3.12 bits per heavy atom. The molecule has 1 unspecified atom stereocenters. The van der Waals surface area contributed by atoms with Crippen molar-refractivity contribution in [1.29, 1.82) is 0 Å². The van der Waals surface area contributed by atoms with E-state index in [2.05, 4.69) is 5.32 Å². The summed E-state index contributed by atoms with van der Waals surface area (Å²) < 4.78 is 5.40. The Morgan fingerprint density at radius 1 is 1.56 bits per heavy atom. The highest BCUT2D eigenvalue weighted by atomic mass is 35.5. The first-order chi connectivity index (χ1) is 7.74. The molecule has 1 saturated heterocycles. The van der Waals surface area contributed by atoms with Crippen LogP contribution in [0.2, 0.25) is 5.02 Å². The minimum absolute atomic E-state index is 0.0193. The number of rotatable bonds is 3. The van der Waals surface area contributed by atoms with Crippen molar-refractivity contribution < 1.29 is 9.53 Å². The number of carbonyl (C=O) groups excluding carboxylic acids is 1. The smallest absolute Gasteiger partial charge is 0.226 e.